The fourth-order valence-electron chi connectivity index (χ4n) is 2.91. The molecule has 0 aromatic heterocycles. The maximum absolute atomic E-state index is 12.2. The van der Waals surface area contributed by atoms with Gasteiger partial charge in [0.15, 0.2) is 0 Å². The average Bonchev–Trinajstić information content (AvgIpc) is 2.53. The first-order chi connectivity index (χ1) is 10.9. The predicted molar refractivity (Wildman–Crippen MR) is 93.7 cm³/mol. The predicted octanol–water partition coefficient (Wildman–Crippen LogP) is 2.34. The standard InChI is InChI=1S/C15H19N3O3S2/c1-3-23(20,21)18-8-4-5-11-9-12(6-7-13(11)18)14-10(2)22-15(19)17-16-14/h6-7,9-10H,3-5,8H2,1-2H3,(H,17,19). The summed E-state index contributed by atoms with van der Waals surface area (Å²) in [4.78, 5) is 11.3. The van der Waals surface area contributed by atoms with Gasteiger partial charge in [-0.25, -0.2) is 13.8 Å². The Bertz CT molecular complexity index is 774. The topological polar surface area (TPSA) is 78.8 Å². The molecule has 0 saturated heterocycles. The first-order valence-corrected chi connectivity index (χ1v) is 10.1. The number of thioether (sulfide) groups is 1. The van der Waals surface area contributed by atoms with Gasteiger partial charge in [0.05, 0.1) is 22.4 Å². The third kappa shape index (κ3) is 3.10. The number of aryl methyl sites for hydroxylation is 1. The Morgan fingerprint density at radius 2 is 2.22 bits per heavy atom. The van der Waals surface area contributed by atoms with E-state index in [9.17, 15) is 13.2 Å². The van der Waals surface area contributed by atoms with Crippen molar-refractivity contribution < 1.29 is 13.2 Å². The van der Waals surface area contributed by atoms with Crippen molar-refractivity contribution in [3.63, 3.8) is 0 Å². The molecule has 3 rings (SSSR count). The van der Waals surface area contributed by atoms with Crippen molar-refractivity contribution in [2.45, 2.75) is 31.9 Å². The van der Waals surface area contributed by atoms with Crippen LogP contribution < -0.4 is 9.73 Å². The smallest absolute Gasteiger partial charge is 0.270 e. The lowest BCUT2D eigenvalue weighted by Crippen LogP contribution is -2.36. The van der Waals surface area contributed by atoms with Gasteiger partial charge in [-0.15, -0.1) is 0 Å². The van der Waals surface area contributed by atoms with Crippen molar-refractivity contribution in [3.05, 3.63) is 29.3 Å². The molecule has 1 N–H and O–H groups in total. The van der Waals surface area contributed by atoms with E-state index in [0.29, 0.717) is 6.54 Å². The van der Waals surface area contributed by atoms with Crippen molar-refractivity contribution in [1.29, 1.82) is 0 Å². The highest BCUT2D eigenvalue weighted by molar-refractivity contribution is 8.14. The van der Waals surface area contributed by atoms with Crippen LogP contribution in [0.25, 0.3) is 0 Å². The van der Waals surface area contributed by atoms with Crippen molar-refractivity contribution in [2.75, 3.05) is 16.6 Å². The van der Waals surface area contributed by atoms with Gasteiger partial charge < -0.3 is 0 Å². The summed E-state index contributed by atoms with van der Waals surface area (Å²) in [7, 11) is -3.25. The summed E-state index contributed by atoms with van der Waals surface area (Å²) >= 11 is 1.20. The summed E-state index contributed by atoms with van der Waals surface area (Å²) in [6, 6.07) is 5.74. The average molecular weight is 353 g/mol. The van der Waals surface area contributed by atoms with Crippen LogP contribution in [0.1, 0.15) is 31.4 Å². The zero-order chi connectivity index (χ0) is 16.6. The van der Waals surface area contributed by atoms with Crippen LogP contribution in [-0.2, 0) is 16.4 Å². The van der Waals surface area contributed by atoms with Crippen LogP contribution in [0.4, 0.5) is 10.5 Å². The van der Waals surface area contributed by atoms with E-state index in [1.165, 1.54) is 16.1 Å². The van der Waals surface area contributed by atoms with Crippen molar-refractivity contribution >= 4 is 38.4 Å². The number of nitrogens with zero attached hydrogens (tertiary/aromatic N) is 2. The van der Waals surface area contributed by atoms with E-state index in [0.717, 1.165) is 35.4 Å². The summed E-state index contributed by atoms with van der Waals surface area (Å²) in [5.74, 6) is 0.0978. The van der Waals surface area contributed by atoms with E-state index < -0.39 is 10.0 Å². The number of sulfonamides is 1. The second-order valence-corrected chi connectivity index (χ2v) is 9.07. The van der Waals surface area contributed by atoms with E-state index in [1.807, 2.05) is 25.1 Å². The van der Waals surface area contributed by atoms with Gasteiger partial charge in [0.2, 0.25) is 10.0 Å². The Hall–Kier alpha value is -1.54. The number of nitrogens with one attached hydrogen (secondary N) is 1. The Morgan fingerprint density at radius 1 is 1.43 bits per heavy atom. The lowest BCUT2D eigenvalue weighted by Gasteiger charge is -2.31. The van der Waals surface area contributed by atoms with E-state index in [4.69, 9.17) is 0 Å². The second kappa shape index (κ2) is 6.16. The first kappa shape index (κ1) is 16.3. The number of carbonyl (C=O) groups excluding carboxylic acids is 1. The minimum atomic E-state index is -3.25. The second-order valence-electron chi connectivity index (χ2n) is 5.58. The molecule has 0 saturated carbocycles. The molecule has 1 aromatic carbocycles. The number of benzene rings is 1. The van der Waals surface area contributed by atoms with E-state index >= 15 is 0 Å². The van der Waals surface area contributed by atoms with Crippen LogP contribution in [0.2, 0.25) is 0 Å². The van der Waals surface area contributed by atoms with Gasteiger partial charge in [-0.1, -0.05) is 17.8 Å². The number of hydrogen-bond acceptors (Lipinski definition) is 5. The molecule has 0 bridgehead atoms. The summed E-state index contributed by atoms with van der Waals surface area (Å²) in [5.41, 5.74) is 6.01. The van der Waals surface area contributed by atoms with Crippen LogP contribution in [0, 0.1) is 0 Å². The molecule has 0 spiro atoms. The van der Waals surface area contributed by atoms with E-state index in [-0.39, 0.29) is 16.2 Å². The zero-order valence-corrected chi connectivity index (χ0v) is 14.7. The highest BCUT2D eigenvalue weighted by Crippen LogP contribution is 2.32. The first-order valence-electron chi connectivity index (χ1n) is 7.60. The molecule has 6 nitrogen and oxygen atoms in total. The van der Waals surface area contributed by atoms with Gasteiger partial charge in [0.1, 0.15) is 0 Å². The quantitative estimate of drug-likeness (QED) is 0.905. The molecule has 2 aliphatic heterocycles. The fourth-order valence-corrected chi connectivity index (χ4v) is 4.82. The monoisotopic (exact) mass is 353 g/mol. The van der Waals surface area contributed by atoms with Gasteiger partial charge in [-0.3, -0.25) is 9.10 Å². The van der Waals surface area contributed by atoms with Gasteiger partial charge in [0.25, 0.3) is 5.24 Å². The Morgan fingerprint density at radius 3 is 2.91 bits per heavy atom. The van der Waals surface area contributed by atoms with Crippen LogP contribution in [0.3, 0.4) is 0 Å². The van der Waals surface area contributed by atoms with Crippen molar-refractivity contribution in [1.82, 2.24) is 5.43 Å². The summed E-state index contributed by atoms with van der Waals surface area (Å²) in [6.45, 7) is 4.14. The molecule has 2 aliphatic rings. The lowest BCUT2D eigenvalue weighted by atomic mass is 9.98. The maximum atomic E-state index is 12.2. The number of hydrogen-bond donors (Lipinski definition) is 1. The number of rotatable bonds is 3. The van der Waals surface area contributed by atoms with Gasteiger partial charge >= 0.3 is 0 Å². The Kier molecular flexibility index (Phi) is 4.37. The maximum Gasteiger partial charge on any atom is 0.299 e. The molecule has 0 fully saturated rings. The molecule has 1 atom stereocenters. The molecular weight excluding hydrogens is 334 g/mol. The van der Waals surface area contributed by atoms with Gasteiger partial charge in [-0.2, -0.15) is 5.10 Å². The molecular formula is C15H19N3O3S2. The normalized spacial score (nSPS) is 21.5. The number of anilines is 1. The van der Waals surface area contributed by atoms with Crippen LogP contribution in [0.15, 0.2) is 23.3 Å². The fraction of sp³-hybridized carbons (Fsp3) is 0.467. The van der Waals surface area contributed by atoms with Crippen molar-refractivity contribution in [2.24, 2.45) is 5.10 Å². The SMILES string of the molecule is CCS(=O)(=O)N1CCCc2cc(C3=NNC(=O)SC3C)ccc21. The summed E-state index contributed by atoms with van der Waals surface area (Å²) < 4.78 is 26.0. The number of hydrazone groups is 1. The lowest BCUT2D eigenvalue weighted by molar-refractivity contribution is 0.261. The summed E-state index contributed by atoms with van der Waals surface area (Å²) in [5, 5.41) is 3.98. The number of carbonyl (C=O) groups is 1. The van der Waals surface area contributed by atoms with Crippen molar-refractivity contribution in [3.8, 4) is 0 Å². The highest BCUT2D eigenvalue weighted by Gasteiger charge is 2.28. The Balaban J connectivity index is 1.99. The summed E-state index contributed by atoms with van der Waals surface area (Å²) in [6.07, 6.45) is 1.66. The third-order valence-corrected chi connectivity index (χ3v) is 6.75. The van der Waals surface area contributed by atoms with Gasteiger partial charge in [-0.05, 0) is 49.9 Å². The van der Waals surface area contributed by atoms with Gasteiger partial charge in [0, 0.05) is 6.54 Å². The van der Waals surface area contributed by atoms with Crippen LogP contribution in [0.5, 0.6) is 0 Å². The minimum Gasteiger partial charge on any atom is -0.270 e. The molecule has 124 valence electrons. The minimum absolute atomic E-state index is 0.0270. The third-order valence-electron chi connectivity index (χ3n) is 4.09. The molecule has 1 amide bonds. The molecule has 0 aliphatic carbocycles. The number of fused-ring (bicyclic) bond motifs is 1. The van der Waals surface area contributed by atoms with E-state index in [1.54, 1.807) is 6.92 Å². The zero-order valence-electron chi connectivity index (χ0n) is 13.1. The van der Waals surface area contributed by atoms with Crippen LogP contribution in [-0.4, -0.2) is 36.9 Å². The van der Waals surface area contributed by atoms with Crippen LogP contribution >= 0.6 is 11.8 Å². The largest absolute Gasteiger partial charge is 0.299 e. The highest BCUT2D eigenvalue weighted by atomic mass is 32.2. The molecule has 2 heterocycles. The molecule has 8 heteroatoms. The molecule has 23 heavy (non-hydrogen) atoms. The molecule has 1 aromatic rings. The molecule has 1 unspecified atom stereocenters. The Labute approximate surface area is 140 Å². The van der Waals surface area contributed by atoms with E-state index in [2.05, 4.69) is 10.5 Å². The molecule has 0 radical (unpaired) electrons. The number of amides is 1.